The molecule has 1 heterocycles. The average molecular weight is 224 g/mol. The van der Waals surface area contributed by atoms with Crippen molar-refractivity contribution in [3.63, 3.8) is 0 Å². The second kappa shape index (κ2) is 3.31. The molecule has 1 saturated heterocycles. The molecule has 3 aliphatic rings. The molecule has 2 aliphatic carbocycles. The molecule has 0 aromatic rings. The quantitative estimate of drug-likeness (QED) is 0.689. The van der Waals surface area contributed by atoms with Gasteiger partial charge in [0.2, 0.25) is 0 Å². The maximum atomic E-state index is 11.4. The minimum absolute atomic E-state index is 0.599. The number of carboxylic acids is 1. The minimum atomic E-state index is -0.677. The van der Waals surface area contributed by atoms with E-state index in [1.807, 2.05) is 6.08 Å². The van der Waals surface area contributed by atoms with Crippen molar-refractivity contribution in [1.82, 2.24) is 0 Å². The first kappa shape index (κ1) is 10.3. The summed E-state index contributed by atoms with van der Waals surface area (Å²) >= 11 is 0. The third-order valence-corrected chi connectivity index (χ3v) is 4.14. The molecule has 4 nitrogen and oxygen atoms in total. The van der Waals surface area contributed by atoms with E-state index in [4.69, 9.17) is 9.47 Å². The van der Waals surface area contributed by atoms with E-state index in [2.05, 4.69) is 0 Å². The Hall–Kier alpha value is -0.870. The zero-order valence-electron chi connectivity index (χ0n) is 9.20. The lowest BCUT2D eigenvalue weighted by Gasteiger charge is -2.37. The van der Waals surface area contributed by atoms with Crippen molar-refractivity contribution in [3.8, 4) is 0 Å². The van der Waals surface area contributed by atoms with Gasteiger partial charge in [0.1, 0.15) is 0 Å². The van der Waals surface area contributed by atoms with Gasteiger partial charge in [-0.15, -0.1) is 0 Å². The largest absolute Gasteiger partial charge is 0.481 e. The van der Waals surface area contributed by atoms with Gasteiger partial charge in [0.25, 0.3) is 0 Å². The average Bonchev–Trinajstić information content (AvgIpc) is 2.86. The summed E-state index contributed by atoms with van der Waals surface area (Å²) in [5, 5.41) is 9.41. The number of fused-ring (bicyclic) bond motifs is 1. The molecule has 0 aromatic carbocycles. The van der Waals surface area contributed by atoms with Gasteiger partial charge in [-0.1, -0.05) is 5.57 Å². The Morgan fingerprint density at radius 1 is 1.25 bits per heavy atom. The van der Waals surface area contributed by atoms with E-state index < -0.39 is 17.2 Å². The first-order chi connectivity index (χ1) is 7.67. The lowest BCUT2D eigenvalue weighted by Crippen LogP contribution is -2.40. The van der Waals surface area contributed by atoms with E-state index in [0.717, 1.165) is 24.8 Å². The molecule has 0 radical (unpaired) electrons. The van der Waals surface area contributed by atoms with Crippen molar-refractivity contribution in [2.24, 2.45) is 5.41 Å². The Kier molecular flexibility index (Phi) is 2.13. The topological polar surface area (TPSA) is 55.8 Å². The van der Waals surface area contributed by atoms with Gasteiger partial charge in [-0.05, 0) is 31.8 Å². The summed E-state index contributed by atoms with van der Waals surface area (Å²) in [6.07, 6.45) is 5.88. The number of aliphatic carboxylic acids is 1. The smallest absolute Gasteiger partial charge is 0.313 e. The molecule has 1 N–H and O–H groups in total. The van der Waals surface area contributed by atoms with Gasteiger partial charge in [-0.2, -0.15) is 0 Å². The molecular formula is C12H16O4. The molecule has 1 spiro atoms. The van der Waals surface area contributed by atoms with Crippen molar-refractivity contribution in [3.05, 3.63) is 11.6 Å². The van der Waals surface area contributed by atoms with E-state index in [1.165, 1.54) is 0 Å². The Bertz CT molecular complexity index is 354. The van der Waals surface area contributed by atoms with Gasteiger partial charge in [0, 0.05) is 6.42 Å². The molecule has 0 aromatic heterocycles. The summed E-state index contributed by atoms with van der Waals surface area (Å²) in [5.41, 5.74) is 0.411. The van der Waals surface area contributed by atoms with E-state index >= 15 is 0 Å². The molecule has 3 rings (SSSR count). The third-order valence-electron chi connectivity index (χ3n) is 4.14. The lowest BCUT2D eigenvalue weighted by atomic mass is 9.72. The first-order valence-electron chi connectivity index (χ1n) is 5.90. The lowest BCUT2D eigenvalue weighted by molar-refractivity contribution is -0.155. The second-order valence-corrected chi connectivity index (χ2v) is 4.92. The van der Waals surface area contributed by atoms with Crippen LogP contribution < -0.4 is 0 Å². The van der Waals surface area contributed by atoms with Crippen molar-refractivity contribution < 1.29 is 19.4 Å². The molecule has 0 bridgehead atoms. The van der Waals surface area contributed by atoms with E-state index in [9.17, 15) is 9.90 Å². The fourth-order valence-electron chi connectivity index (χ4n) is 3.25. The van der Waals surface area contributed by atoms with Crippen molar-refractivity contribution >= 4 is 5.97 Å². The highest BCUT2D eigenvalue weighted by atomic mass is 16.7. The maximum Gasteiger partial charge on any atom is 0.313 e. The summed E-state index contributed by atoms with van der Waals surface area (Å²) in [4.78, 5) is 11.4. The van der Waals surface area contributed by atoms with E-state index in [0.29, 0.717) is 26.1 Å². The van der Waals surface area contributed by atoms with Crippen LogP contribution in [0, 0.1) is 5.41 Å². The minimum Gasteiger partial charge on any atom is -0.481 e. The van der Waals surface area contributed by atoms with Gasteiger partial charge in [-0.25, -0.2) is 0 Å². The summed E-state index contributed by atoms with van der Waals surface area (Å²) in [7, 11) is 0. The maximum absolute atomic E-state index is 11.4. The highest BCUT2D eigenvalue weighted by molar-refractivity contribution is 5.79. The van der Waals surface area contributed by atoms with Crippen LogP contribution in [0.3, 0.4) is 0 Å². The van der Waals surface area contributed by atoms with E-state index in [1.54, 1.807) is 0 Å². The Balaban J connectivity index is 1.98. The summed E-state index contributed by atoms with van der Waals surface area (Å²) in [5.74, 6) is -1.28. The molecule has 1 atom stereocenters. The predicted molar refractivity (Wildman–Crippen MR) is 55.9 cm³/mol. The van der Waals surface area contributed by atoms with Crippen LogP contribution in [-0.4, -0.2) is 30.1 Å². The second-order valence-electron chi connectivity index (χ2n) is 4.92. The molecular weight excluding hydrogens is 208 g/mol. The molecule has 4 heteroatoms. The highest BCUT2D eigenvalue weighted by Gasteiger charge is 2.52. The van der Waals surface area contributed by atoms with Crippen molar-refractivity contribution in [1.29, 1.82) is 0 Å². The van der Waals surface area contributed by atoms with Gasteiger partial charge >= 0.3 is 5.97 Å². The Labute approximate surface area is 94.2 Å². The molecule has 0 amide bonds. The molecule has 2 fully saturated rings. The zero-order chi connectivity index (χ0) is 11.2. The monoisotopic (exact) mass is 224 g/mol. The first-order valence-corrected chi connectivity index (χ1v) is 5.90. The number of hydrogen-bond acceptors (Lipinski definition) is 3. The van der Waals surface area contributed by atoms with Crippen molar-refractivity contribution in [2.45, 2.75) is 37.9 Å². The van der Waals surface area contributed by atoms with Gasteiger partial charge in [0.15, 0.2) is 5.79 Å². The van der Waals surface area contributed by atoms with Crippen LogP contribution in [0.25, 0.3) is 0 Å². The molecule has 1 unspecified atom stereocenters. The highest BCUT2D eigenvalue weighted by Crippen LogP contribution is 2.52. The molecule has 1 aliphatic heterocycles. The van der Waals surface area contributed by atoms with Crippen molar-refractivity contribution in [2.75, 3.05) is 13.2 Å². The van der Waals surface area contributed by atoms with Crippen LogP contribution in [0.5, 0.6) is 0 Å². The number of carbonyl (C=O) groups is 1. The van der Waals surface area contributed by atoms with Gasteiger partial charge in [-0.3, -0.25) is 4.79 Å². The third kappa shape index (κ3) is 1.26. The number of rotatable bonds is 1. The van der Waals surface area contributed by atoms with Crippen LogP contribution in [0.15, 0.2) is 11.6 Å². The molecule has 88 valence electrons. The number of hydrogen-bond donors (Lipinski definition) is 1. The van der Waals surface area contributed by atoms with Crippen LogP contribution in [-0.2, 0) is 14.3 Å². The number of carboxylic acid groups (broad SMARTS) is 1. The molecule has 1 saturated carbocycles. The SMILES string of the molecule is O=C(O)C12CCCC1=CC1(CC2)OCCO1. The summed E-state index contributed by atoms with van der Waals surface area (Å²) in [6, 6.07) is 0. The Morgan fingerprint density at radius 3 is 2.69 bits per heavy atom. The fourth-order valence-corrected chi connectivity index (χ4v) is 3.25. The van der Waals surface area contributed by atoms with Crippen LogP contribution >= 0.6 is 0 Å². The molecule has 16 heavy (non-hydrogen) atoms. The van der Waals surface area contributed by atoms with Crippen LogP contribution in [0.1, 0.15) is 32.1 Å². The van der Waals surface area contributed by atoms with Crippen LogP contribution in [0.4, 0.5) is 0 Å². The standard InChI is InChI=1S/C12H16O4/c13-10(14)11-3-1-2-9(11)8-12(5-4-11)15-6-7-16-12/h8H,1-7H2,(H,13,14). The fraction of sp³-hybridized carbons (Fsp3) is 0.750. The van der Waals surface area contributed by atoms with E-state index in [-0.39, 0.29) is 0 Å². The normalized spacial score (nSPS) is 36.1. The van der Waals surface area contributed by atoms with Gasteiger partial charge < -0.3 is 14.6 Å². The predicted octanol–water partition coefficient (Wildman–Crippen LogP) is 1.70. The number of ether oxygens (including phenoxy) is 2. The Morgan fingerprint density at radius 2 is 2.00 bits per heavy atom. The van der Waals surface area contributed by atoms with Gasteiger partial charge in [0.05, 0.1) is 18.6 Å². The zero-order valence-corrected chi connectivity index (χ0v) is 9.20. The van der Waals surface area contributed by atoms with Crippen LogP contribution in [0.2, 0.25) is 0 Å². The summed E-state index contributed by atoms with van der Waals surface area (Å²) in [6.45, 7) is 1.23. The summed E-state index contributed by atoms with van der Waals surface area (Å²) < 4.78 is 11.2.